The van der Waals surface area contributed by atoms with Crippen LogP contribution in [0, 0.1) is 11.7 Å². The lowest BCUT2D eigenvalue weighted by molar-refractivity contribution is -0.165. The highest BCUT2D eigenvalue weighted by Crippen LogP contribution is 2.40. The van der Waals surface area contributed by atoms with Crippen LogP contribution < -0.4 is 16.0 Å². The fourth-order valence-electron chi connectivity index (χ4n) is 3.38. The van der Waals surface area contributed by atoms with Crippen LogP contribution in [0.15, 0.2) is 42.5 Å². The fraction of sp³-hybridized carbons (Fsp3) is 0.286. The van der Waals surface area contributed by atoms with Crippen LogP contribution in [-0.4, -0.2) is 35.6 Å². The lowest BCUT2D eigenvalue weighted by Crippen LogP contribution is -2.39. The second kappa shape index (κ2) is 9.12. The number of rotatable bonds is 6. The van der Waals surface area contributed by atoms with Crippen LogP contribution in [0.1, 0.15) is 17.9 Å². The summed E-state index contributed by atoms with van der Waals surface area (Å²) >= 11 is 0.882. The number of nitrogens with zero attached hydrogens (tertiary/aromatic N) is 1. The van der Waals surface area contributed by atoms with Gasteiger partial charge in [-0.2, -0.15) is 13.2 Å². The van der Waals surface area contributed by atoms with Gasteiger partial charge in [0.2, 0.25) is 12.3 Å². The molecule has 6 nitrogen and oxygen atoms in total. The van der Waals surface area contributed by atoms with E-state index in [0.717, 1.165) is 35.6 Å². The van der Waals surface area contributed by atoms with Gasteiger partial charge in [-0.25, -0.2) is 22.9 Å². The molecule has 3 unspecified atom stereocenters. The van der Waals surface area contributed by atoms with Crippen LogP contribution in [-0.2, 0) is 4.79 Å². The number of alkyl halides is 5. The normalized spacial score (nSPS) is 18.6. The molecule has 180 valence electrons. The van der Waals surface area contributed by atoms with Crippen molar-refractivity contribution in [2.45, 2.75) is 31.0 Å². The number of carbonyl (C=O) groups excluding carboxylic acids is 2. The smallest absolute Gasteiger partial charge is 0.352 e. The van der Waals surface area contributed by atoms with Gasteiger partial charge in [0, 0.05) is 17.6 Å². The number of nitrogens with one attached hydrogen (secondary N) is 3. The first kappa shape index (κ1) is 23.8. The van der Waals surface area contributed by atoms with E-state index in [1.807, 2.05) is 0 Å². The highest BCUT2D eigenvalue weighted by molar-refractivity contribution is 7.22. The average Bonchev–Trinajstić information content (AvgIpc) is 3.39. The zero-order valence-corrected chi connectivity index (χ0v) is 17.8. The Labute approximate surface area is 192 Å². The number of urea groups is 1. The molecule has 0 spiro atoms. The number of hydrogen-bond donors (Lipinski definition) is 3. The highest BCUT2D eigenvalue weighted by Gasteiger charge is 2.50. The summed E-state index contributed by atoms with van der Waals surface area (Å²) in [7, 11) is 0. The number of fused-ring (bicyclic) bond motifs is 1. The third-order valence-electron chi connectivity index (χ3n) is 5.15. The van der Waals surface area contributed by atoms with Crippen molar-refractivity contribution in [1.29, 1.82) is 0 Å². The predicted molar refractivity (Wildman–Crippen MR) is 113 cm³/mol. The molecule has 1 aliphatic rings. The standard InChI is InChI=1S/C21H16F6N4O2S/c22-10-2-4-11(5-3-10)28-19(33)31-20-30-13-6-1-9(7-15(13)34-20)16(21(25,26)27)18(32)29-14-8-12(14)17(23)24/h1-7,12,14,16-17H,8H2,(H,29,32)(H2,28,30,31,33). The van der Waals surface area contributed by atoms with E-state index in [-0.39, 0.29) is 27.3 Å². The van der Waals surface area contributed by atoms with Gasteiger partial charge in [-0.1, -0.05) is 17.4 Å². The Kier molecular flexibility index (Phi) is 6.39. The first-order chi connectivity index (χ1) is 16.0. The molecule has 3 N–H and O–H groups in total. The van der Waals surface area contributed by atoms with E-state index >= 15 is 0 Å². The average molecular weight is 502 g/mol. The minimum Gasteiger partial charge on any atom is -0.352 e. The molecule has 34 heavy (non-hydrogen) atoms. The molecule has 0 bridgehead atoms. The summed E-state index contributed by atoms with van der Waals surface area (Å²) in [5.41, 5.74) is 0.218. The van der Waals surface area contributed by atoms with Gasteiger partial charge in [0.15, 0.2) is 11.0 Å². The number of amides is 3. The quantitative estimate of drug-likeness (QED) is 0.390. The van der Waals surface area contributed by atoms with Crippen molar-refractivity contribution >= 4 is 44.3 Å². The maximum atomic E-state index is 13.7. The molecule has 0 saturated heterocycles. The lowest BCUT2D eigenvalue weighted by atomic mass is 9.97. The fourth-order valence-corrected chi connectivity index (χ4v) is 4.29. The molecule has 1 fully saturated rings. The van der Waals surface area contributed by atoms with E-state index in [1.165, 1.54) is 18.2 Å². The molecule has 0 radical (unpaired) electrons. The number of thiazole rings is 1. The van der Waals surface area contributed by atoms with Crippen LogP contribution in [0.25, 0.3) is 10.2 Å². The Morgan fingerprint density at radius 2 is 1.76 bits per heavy atom. The molecule has 3 atom stereocenters. The van der Waals surface area contributed by atoms with Crippen molar-refractivity contribution in [1.82, 2.24) is 10.3 Å². The molecule has 1 heterocycles. The minimum absolute atomic E-state index is 0.0725. The van der Waals surface area contributed by atoms with Crippen LogP contribution in [0.4, 0.5) is 42.0 Å². The minimum atomic E-state index is -4.95. The zero-order valence-electron chi connectivity index (χ0n) is 17.0. The Balaban J connectivity index is 1.49. The summed E-state index contributed by atoms with van der Waals surface area (Å²) in [6, 6.07) is 6.79. The van der Waals surface area contributed by atoms with Crippen LogP contribution in [0.5, 0.6) is 0 Å². The topological polar surface area (TPSA) is 83.1 Å². The largest absolute Gasteiger partial charge is 0.404 e. The molecule has 1 saturated carbocycles. The lowest BCUT2D eigenvalue weighted by Gasteiger charge is -2.20. The number of hydrogen-bond acceptors (Lipinski definition) is 4. The SMILES string of the molecule is O=C(Nc1ccc(F)cc1)Nc1nc2ccc(C(C(=O)NC3CC3C(F)F)C(F)(F)F)cc2s1. The Morgan fingerprint density at radius 1 is 1.06 bits per heavy atom. The number of aromatic nitrogens is 1. The van der Waals surface area contributed by atoms with Gasteiger partial charge in [-0.3, -0.25) is 10.1 Å². The highest BCUT2D eigenvalue weighted by atomic mass is 32.1. The van der Waals surface area contributed by atoms with E-state index in [2.05, 4.69) is 20.9 Å². The predicted octanol–water partition coefficient (Wildman–Crippen LogP) is 5.50. The van der Waals surface area contributed by atoms with Gasteiger partial charge < -0.3 is 10.6 Å². The summed E-state index contributed by atoms with van der Waals surface area (Å²) in [5.74, 6) is -5.57. The molecule has 3 amide bonds. The van der Waals surface area contributed by atoms with Gasteiger partial charge in [-0.05, 0) is 48.4 Å². The summed E-state index contributed by atoms with van der Waals surface area (Å²) in [4.78, 5) is 28.6. The Hall–Kier alpha value is -3.35. The third kappa shape index (κ3) is 5.41. The third-order valence-corrected chi connectivity index (χ3v) is 6.08. The molecule has 1 aliphatic carbocycles. The first-order valence-electron chi connectivity index (χ1n) is 9.90. The summed E-state index contributed by atoms with van der Waals surface area (Å²) in [6.07, 6.45) is -7.74. The van der Waals surface area contributed by atoms with E-state index in [0.29, 0.717) is 5.69 Å². The van der Waals surface area contributed by atoms with Crippen molar-refractivity contribution in [2.24, 2.45) is 5.92 Å². The van der Waals surface area contributed by atoms with Crippen LogP contribution in [0.3, 0.4) is 0 Å². The summed E-state index contributed by atoms with van der Waals surface area (Å²) < 4.78 is 79.6. The second-order valence-corrected chi connectivity index (χ2v) is 8.69. The summed E-state index contributed by atoms with van der Waals surface area (Å²) in [5, 5.41) is 7.03. The summed E-state index contributed by atoms with van der Waals surface area (Å²) in [6.45, 7) is 0. The van der Waals surface area contributed by atoms with Crippen molar-refractivity contribution in [2.75, 3.05) is 10.6 Å². The molecule has 0 aliphatic heterocycles. The number of benzene rings is 2. The zero-order chi connectivity index (χ0) is 24.6. The second-order valence-electron chi connectivity index (χ2n) is 7.66. The van der Waals surface area contributed by atoms with Gasteiger partial charge in [0.1, 0.15) is 5.82 Å². The van der Waals surface area contributed by atoms with Crippen LogP contribution in [0.2, 0.25) is 0 Å². The van der Waals surface area contributed by atoms with E-state index in [1.54, 1.807) is 0 Å². The number of anilines is 2. The van der Waals surface area contributed by atoms with E-state index in [4.69, 9.17) is 0 Å². The maximum Gasteiger partial charge on any atom is 0.404 e. The molecular formula is C21H16F6N4O2S. The van der Waals surface area contributed by atoms with Gasteiger partial charge in [0.05, 0.1) is 10.2 Å². The van der Waals surface area contributed by atoms with Crippen molar-refractivity contribution in [3.05, 3.63) is 53.8 Å². The number of carbonyl (C=O) groups is 2. The van der Waals surface area contributed by atoms with Crippen molar-refractivity contribution in [3.8, 4) is 0 Å². The molecule has 1 aromatic heterocycles. The molecule has 4 rings (SSSR count). The van der Waals surface area contributed by atoms with Crippen molar-refractivity contribution in [3.63, 3.8) is 0 Å². The van der Waals surface area contributed by atoms with E-state index < -0.39 is 48.2 Å². The molecular weight excluding hydrogens is 486 g/mol. The Bertz CT molecular complexity index is 1210. The number of halogens is 6. The van der Waals surface area contributed by atoms with Crippen molar-refractivity contribution < 1.29 is 35.9 Å². The molecule has 3 aromatic rings. The van der Waals surface area contributed by atoms with Gasteiger partial charge in [0.25, 0.3) is 0 Å². The molecule has 2 aromatic carbocycles. The van der Waals surface area contributed by atoms with Crippen LogP contribution >= 0.6 is 11.3 Å². The van der Waals surface area contributed by atoms with Gasteiger partial charge >= 0.3 is 12.2 Å². The molecule has 13 heteroatoms. The van der Waals surface area contributed by atoms with Gasteiger partial charge in [-0.15, -0.1) is 0 Å². The first-order valence-corrected chi connectivity index (χ1v) is 10.7. The maximum absolute atomic E-state index is 13.7. The van der Waals surface area contributed by atoms with E-state index in [9.17, 15) is 35.9 Å². The monoisotopic (exact) mass is 502 g/mol. The Morgan fingerprint density at radius 3 is 2.38 bits per heavy atom.